The molecule has 0 aliphatic heterocycles. The number of nitrogens with one attached hydrogen (secondary N) is 2. The van der Waals surface area contributed by atoms with Crippen LogP contribution < -0.4 is 20.7 Å². The highest BCUT2D eigenvalue weighted by atomic mass is 32.2. The summed E-state index contributed by atoms with van der Waals surface area (Å²) < 4.78 is 52.6. The van der Waals surface area contributed by atoms with E-state index < -0.39 is 27.8 Å². The monoisotopic (exact) mass is 412 g/mol. The molecule has 0 aromatic heterocycles. The maximum absolute atomic E-state index is 12.9. The number of ether oxygens (including phenoxy) is 1. The van der Waals surface area contributed by atoms with Gasteiger partial charge in [0, 0.05) is 0 Å². The largest absolute Gasteiger partial charge is 0.457 e. The Morgan fingerprint density at radius 1 is 1.14 bits per heavy atom. The van der Waals surface area contributed by atoms with E-state index in [-0.39, 0.29) is 11.3 Å². The van der Waals surface area contributed by atoms with Gasteiger partial charge in [-0.25, -0.2) is 18.3 Å². The molecular weight excluding hydrogens is 389 g/mol. The zero-order valence-corrected chi connectivity index (χ0v) is 15.7. The van der Waals surface area contributed by atoms with Crippen LogP contribution in [-0.4, -0.2) is 32.1 Å². The van der Waals surface area contributed by atoms with Crippen molar-refractivity contribution in [3.05, 3.63) is 54.3 Å². The molecule has 0 radical (unpaired) electrons. The topological polar surface area (TPSA) is 131 Å². The number of hydrogen-bond acceptors (Lipinski definition) is 6. The number of sulfonamides is 1. The number of rotatable bonds is 11. The van der Waals surface area contributed by atoms with Crippen LogP contribution in [0.1, 0.15) is 19.3 Å². The van der Waals surface area contributed by atoms with Crippen molar-refractivity contribution in [2.24, 2.45) is 5.73 Å². The molecule has 0 spiro atoms. The van der Waals surface area contributed by atoms with E-state index >= 15 is 0 Å². The number of amides is 1. The third-order valence-corrected chi connectivity index (χ3v) is 5.33. The molecule has 0 saturated carbocycles. The zero-order valence-electron chi connectivity index (χ0n) is 15.9. The molecule has 2 aromatic carbocycles. The van der Waals surface area contributed by atoms with Crippen LogP contribution in [0.5, 0.6) is 11.5 Å². The molecule has 5 N–H and O–H groups in total. The van der Waals surface area contributed by atoms with Crippen molar-refractivity contribution in [2.45, 2.75) is 30.2 Å². The molecule has 10 heteroatoms. The molecule has 1 amide bonds. The molecule has 2 rings (SSSR count). The van der Waals surface area contributed by atoms with Gasteiger partial charge in [-0.15, -0.1) is 0 Å². The summed E-state index contributed by atoms with van der Waals surface area (Å²) in [6.07, 6.45) is 1.32. The quantitative estimate of drug-likeness (QED) is 0.253. The number of nitrogens with two attached hydrogens (primary N) is 1. The average Bonchev–Trinajstić information content (AvgIpc) is 2.69. The molecule has 1 atom stereocenters. The van der Waals surface area contributed by atoms with E-state index in [1.807, 2.05) is 5.48 Å². The Labute approximate surface area is 164 Å². The lowest BCUT2D eigenvalue weighted by molar-refractivity contribution is -0.131. The molecule has 8 nitrogen and oxygen atoms in total. The van der Waals surface area contributed by atoms with E-state index in [0.29, 0.717) is 30.9 Å². The zero-order chi connectivity index (χ0) is 21.3. The van der Waals surface area contributed by atoms with E-state index in [9.17, 15) is 17.6 Å². The first kappa shape index (κ1) is 20.2. The van der Waals surface area contributed by atoms with Crippen LogP contribution in [0.3, 0.4) is 0 Å². The van der Waals surface area contributed by atoms with Crippen molar-refractivity contribution in [1.82, 2.24) is 10.2 Å². The Hall–Kier alpha value is -2.53. The Kier molecular flexibility index (Phi) is 7.31. The van der Waals surface area contributed by atoms with Crippen molar-refractivity contribution < 1.29 is 29.0 Å². The summed E-state index contributed by atoms with van der Waals surface area (Å²) in [6.45, 7) is 0.408. The van der Waals surface area contributed by atoms with Gasteiger partial charge in [0.1, 0.15) is 23.4 Å². The van der Waals surface area contributed by atoms with Crippen molar-refractivity contribution >= 4 is 15.9 Å². The minimum atomic E-state index is -4.02. The van der Waals surface area contributed by atoms with Crippen molar-refractivity contribution in [2.75, 3.05) is 6.54 Å². The molecule has 0 unspecified atom stereocenters. The van der Waals surface area contributed by atoms with Gasteiger partial charge in [0.25, 0.3) is 5.91 Å². The van der Waals surface area contributed by atoms with Crippen LogP contribution in [0.4, 0.5) is 4.39 Å². The molecule has 28 heavy (non-hydrogen) atoms. The summed E-state index contributed by atoms with van der Waals surface area (Å²) in [6, 6.07) is 9.77. The van der Waals surface area contributed by atoms with Gasteiger partial charge in [0.15, 0.2) is 0 Å². The summed E-state index contributed by atoms with van der Waals surface area (Å²) in [5, 5.41) is 3.84. The van der Waals surface area contributed by atoms with Gasteiger partial charge in [-0.3, -0.25) is 10.0 Å². The number of carbonyl (C=O) groups excluding carboxylic acids is 1. The Balaban J connectivity index is 2.09. The van der Waals surface area contributed by atoms with E-state index in [2.05, 4.69) is 9.93 Å². The van der Waals surface area contributed by atoms with Crippen LogP contribution in [0, 0.1) is 5.82 Å². The highest BCUT2D eigenvalue weighted by molar-refractivity contribution is 7.89. The fraction of sp³-hybridized carbons (Fsp3) is 0.278. The maximum atomic E-state index is 12.9. The van der Waals surface area contributed by atoms with Gasteiger partial charge in [-0.2, -0.15) is 4.72 Å². The van der Waals surface area contributed by atoms with Gasteiger partial charge < -0.3 is 10.5 Å². The third-order valence-electron chi connectivity index (χ3n) is 3.84. The SMILES string of the molecule is [2H]ONC(=O)[C@H](CCCCN)NS(=O)(=O)c1ccc(Oc2ccc(F)cc2)cc1. The van der Waals surface area contributed by atoms with Crippen LogP contribution in [0.15, 0.2) is 53.4 Å². The molecule has 0 saturated heterocycles. The third kappa shape index (κ3) is 6.27. The van der Waals surface area contributed by atoms with Gasteiger partial charge >= 0.3 is 0 Å². The molecule has 0 fully saturated rings. The predicted molar refractivity (Wildman–Crippen MR) is 99.9 cm³/mol. The first-order valence-electron chi connectivity index (χ1n) is 8.94. The summed E-state index contributed by atoms with van der Waals surface area (Å²) in [5.74, 6) is -0.426. The summed E-state index contributed by atoms with van der Waals surface area (Å²) in [7, 11) is -4.02. The second-order valence-electron chi connectivity index (χ2n) is 5.95. The number of carbonyl (C=O) groups is 1. The first-order valence-corrected chi connectivity index (χ1v) is 10.0. The lowest BCUT2D eigenvalue weighted by Gasteiger charge is -2.17. The van der Waals surface area contributed by atoms with Crippen molar-refractivity contribution in [3.63, 3.8) is 0 Å². The van der Waals surface area contributed by atoms with Crippen LogP contribution >= 0.6 is 0 Å². The fourth-order valence-corrected chi connectivity index (χ4v) is 3.62. The molecule has 0 aliphatic carbocycles. The molecule has 0 heterocycles. The Bertz CT molecular complexity index is 895. The average molecular weight is 412 g/mol. The Morgan fingerprint density at radius 2 is 1.75 bits per heavy atom. The second-order valence-corrected chi connectivity index (χ2v) is 7.67. The number of hydrogen-bond donors (Lipinski definition) is 4. The first-order chi connectivity index (χ1) is 13.9. The maximum Gasteiger partial charge on any atom is 0.261 e. The lowest BCUT2D eigenvalue weighted by atomic mass is 10.1. The minimum absolute atomic E-state index is 0.0765. The molecule has 0 bridgehead atoms. The normalized spacial score (nSPS) is 12.9. The molecular formula is C18H22FN3O5S. The second kappa shape index (κ2) is 10.1. The van der Waals surface area contributed by atoms with E-state index in [4.69, 9.17) is 11.9 Å². The van der Waals surface area contributed by atoms with E-state index in [0.717, 1.165) is 0 Å². The van der Waals surface area contributed by atoms with Gasteiger partial charge in [0.2, 0.25) is 11.5 Å². The summed E-state index contributed by atoms with van der Waals surface area (Å²) in [5.41, 5.74) is 7.23. The Morgan fingerprint density at radius 3 is 2.32 bits per heavy atom. The number of hydroxylamine groups is 1. The lowest BCUT2D eigenvalue weighted by Crippen LogP contribution is -2.45. The van der Waals surface area contributed by atoms with Crippen LogP contribution in [0.25, 0.3) is 0 Å². The standard InChI is InChI=1S/C18H22FN3O5S/c19-13-4-6-14(7-5-13)27-15-8-10-16(11-9-15)28(25,26)22-17(18(23)21-24)3-1-2-12-20/h4-11,17,22,24H,1-3,12,20H2,(H,21,23)/t17-/m0/s1/i/hD. The van der Waals surface area contributed by atoms with Crippen LogP contribution in [-0.2, 0) is 14.8 Å². The van der Waals surface area contributed by atoms with Crippen molar-refractivity contribution in [3.8, 4) is 11.5 Å². The highest BCUT2D eigenvalue weighted by Gasteiger charge is 2.25. The van der Waals surface area contributed by atoms with Gasteiger partial charge in [-0.05, 0) is 67.9 Å². The number of halogens is 1. The highest BCUT2D eigenvalue weighted by Crippen LogP contribution is 2.23. The van der Waals surface area contributed by atoms with E-state index in [1.54, 1.807) is 0 Å². The smallest absolute Gasteiger partial charge is 0.261 e. The van der Waals surface area contributed by atoms with Gasteiger partial charge in [0.05, 0.1) is 4.90 Å². The predicted octanol–water partition coefficient (Wildman–Crippen LogP) is 1.90. The van der Waals surface area contributed by atoms with Gasteiger partial charge in [-0.1, -0.05) is 6.42 Å². The fourth-order valence-electron chi connectivity index (χ4n) is 2.39. The number of unbranched alkanes of at least 4 members (excludes halogenated alkanes) is 1. The minimum Gasteiger partial charge on any atom is -0.457 e. The molecule has 2 aromatic rings. The molecule has 152 valence electrons. The van der Waals surface area contributed by atoms with Crippen LogP contribution in [0.2, 0.25) is 1.43 Å². The number of benzene rings is 2. The summed E-state index contributed by atoms with van der Waals surface area (Å²) in [4.78, 5) is 11.9. The van der Waals surface area contributed by atoms with Crippen molar-refractivity contribution in [1.29, 1.82) is 0 Å². The summed E-state index contributed by atoms with van der Waals surface area (Å²) >= 11 is 0. The molecule has 0 aliphatic rings. The van der Waals surface area contributed by atoms with E-state index in [1.165, 1.54) is 48.5 Å².